The average Bonchev–Trinajstić information content (AvgIpc) is 2.83. The maximum Gasteiger partial charge on any atom is 0.272 e. The highest BCUT2D eigenvalue weighted by atomic mass is 16.6. The van der Waals surface area contributed by atoms with Gasteiger partial charge in [0.05, 0.1) is 10.5 Å². The molecule has 1 aromatic rings. The van der Waals surface area contributed by atoms with Gasteiger partial charge in [0.15, 0.2) is 0 Å². The van der Waals surface area contributed by atoms with Crippen molar-refractivity contribution in [2.45, 2.75) is 37.7 Å². The number of para-hydroxylation sites is 1. The zero-order chi connectivity index (χ0) is 14.6. The molecule has 1 aromatic carbocycles. The van der Waals surface area contributed by atoms with E-state index in [0.717, 1.165) is 31.2 Å². The van der Waals surface area contributed by atoms with Crippen LogP contribution in [0.25, 0.3) is 0 Å². The summed E-state index contributed by atoms with van der Waals surface area (Å²) in [5.74, 6) is 0. The van der Waals surface area contributed by atoms with E-state index in [9.17, 15) is 15.2 Å². The summed E-state index contributed by atoms with van der Waals surface area (Å²) in [7, 11) is 1.96. The quantitative estimate of drug-likeness (QED) is 0.641. The molecule has 5 nitrogen and oxygen atoms in total. The highest BCUT2D eigenvalue weighted by Gasteiger charge is 2.32. The SMILES string of the molecule is CN(CCc1ccccc1[N+](=O)[O-])CC1(O)CCCC1. The number of hydrogen-bond acceptors (Lipinski definition) is 4. The summed E-state index contributed by atoms with van der Waals surface area (Å²) in [5.41, 5.74) is 0.375. The third-order valence-corrected chi connectivity index (χ3v) is 4.05. The minimum atomic E-state index is -0.558. The summed E-state index contributed by atoms with van der Waals surface area (Å²) in [5, 5.41) is 21.3. The largest absolute Gasteiger partial charge is 0.389 e. The Bertz CT molecular complexity index is 470. The van der Waals surface area contributed by atoms with Crippen LogP contribution in [0.15, 0.2) is 24.3 Å². The van der Waals surface area contributed by atoms with Crippen LogP contribution in [0.1, 0.15) is 31.2 Å². The number of aliphatic hydroxyl groups is 1. The molecule has 0 aromatic heterocycles. The minimum absolute atomic E-state index is 0.181. The van der Waals surface area contributed by atoms with Gasteiger partial charge in [-0.1, -0.05) is 31.0 Å². The second-order valence-corrected chi connectivity index (χ2v) is 5.81. The zero-order valence-corrected chi connectivity index (χ0v) is 11.9. The summed E-state index contributed by atoms with van der Waals surface area (Å²) >= 11 is 0. The Hall–Kier alpha value is -1.46. The van der Waals surface area contributed by atoms with E-state index in [0.29, 0.717) is 19.5 Å². The minimum Gasteiger partial charge on any atom is -0.389 e. The third kappa shape index (κ3) is 3.77. The van der Waals surface area contributed by atoms with Gasteiger partial charge in [-0.25, -0.2) is 0 Å². The number of likely N-dealkylation sites (N-methyl/N-ethyl adjacent to an activating group) is 1. The molecule has 0 bridgehead atoms. The molecular formula is C15H22N2O3. The molecular weight excluding hydrogens is 256 g/mol. The summed E-state index contributed by atoms with van der Waals surface area (Å²) in [6.45, 7) is 1.36. The molecule has 1 saturated carbocycles. The number of nitrogens with zero attached hydrogens (tertiary/aromatic N) is 2. The van der Waals surface area contributed by atoms with E-state index in [-0.39, 0.29) is 10.6 Å². The standard InChI is InChI=1S/C15H22N2O3/c1-16(12-15(18)9-4-5-10-15)11-8-13-6-2-3-7-14(13)17(19)20/h2-3,6-7,18H,4-5,8-12H2,1H3. The maximum absolute atomic E-state index is 10.9. The number of hydrogen-bond donors (Lipinski definition) is 1. The van der Waals surface area contributed by atoms with Gasteiger partial charge in [0.2, 0.25) is 0 Å². The van der Waals surface area contributed by atoms with Crippen molar-refractivity contribution in [1.82, 2.24) is 4.90 Å². The Labute approximate surface area is 119 Å². The molecule has 0 heterocycles. The fourth-order valence-corrected chi connectivity index (χ4v) is 2.98. The fourth-order valence-electron chi connectivity index (χ4n) is 2.98. The van der Waals surface area contributed by atoms with Crippen molar-refractivity contribution in [3.63, 3.8) is 0 Å². The lowest BCUT2D eigenvalue weighted by Gasteiger charge is -2.28. The molecule has 0 saturated heterocycles. The number of rotatable bonds is 6. The van der Waals surface area contributed by atoms with Gasteiger partial charge in [0, 0.05) is 24.7 Å². The van der Waals surface area contributed by atoms with Crippen molar-refractivity contribution in [2.75, 3.05) is 20.1 Å². The van der Waals surface area contributed by atoms with E-state index < -0.39 is 5.60 Å². The molecule has 20 heavy (non-hydrogen) atoms. The van der Waals surface area contributed by atoms with E-state index in [2.05, 4.69) is 4.90 Å². The van der Waals surface area contributed by atoms with Crippen LogP contribution in [0, 0.1) is 10.1 Å². The molecule has 1 fully saturated rings. The maximum atomic E-state index is 10.9. The van der Waals surface area contributed by atoms with Crippen LogP contribution in [0.2, 0.25) is 0 Å². The van der Waals surface area contributed by atoms with Crippen molar-refractivity contribution in [3.05, 3.63) is 39.9 Å². The Balaban J connectivity index is 1.90. The van der Waals surface area contributed by atoms with Crippen molar-refractivity contribution in [2.24, 2.45) is 0 Å². The van der Waals surface area contributed by atoms with E-state index in [4.69, 9.17) is 0 Å². The molecule has 1 aliphatic carbocycles. The Morgan fingerprint density at radius 2 is 2.00 bits per heavy atom. The summed E-state index contributed by atoms with van der Waals surface area (Å²) in [6, 6.07) is 6.86. The molecule has 0 atom stereocenters. The van der Waals surface area contributed by atoms with E-state index >= 15 is 0 Å². The molecule has 0 radical (unpaired) electrons. The first-order valence-electron chi connectivity index (χ1n) is 7.13. The van der Waals surface area contributed by atoms with Crippen LogP contribution in [-0.2, 0) is 6.42 Å². The first-order valence-corrected chi connectivity index (χ1v) is 7.13. The highest BCUT2D eigenvalue weighted by molar-refractivity contribution is 5.39. The second kappa shape index (κ2) is 6.33. The lowest BCUT2D eigenvalue weighted by molar-refractivity contribution is -0.385. The predicted molar refractivity (Wildman–Crippen MR) is 77.7 cm³/mol. The highest BCUT2D eigenvalue weighted by Crippen LogP contribution is 2.30. The molecule has 0 amide bonds. The number of nitro groups is 1. The third-order valence-electron chi connectivity index (χ3n) is 4.05. The van der Waals surface area contributed by atoms with Crippen LogP contribution in [0.4, 0.5) is 5.69 Å². The number of benzene rings is 1. The Morgan fingerprint density at radius 1 is 1.35 bits per heavy atom. The topological polar surface area (TPSA) is 66.6 Å². The lowest BCUT2D eigenvalue weighted by atomic mass is 10.0. The molecule has 1 aliphatic rings. The normalized spacial score (nSPS) is 17.6. The van der Waals surface area contributed by atoms with Crippen molar-refractivity contribution < 1.29 is 10.0 Å². The molecule has 0 spiro atoms. The Kier molecular flexibility index (Phi) is 4.73. The van der Waals surface area contributed by atoms with Crippen molar-refractivity contribution in [3.8, 4) is 0 Å². The van der Waals surface area contributed by atoms with E-state index in [1.807, 2.05) is 13.1 Å². The van der Waals surface area contributed by atoms with Crippen LogP contribution in [0.5, 0.6) is 0 Å². The van der Waals surface area contributed by atoms with Gasteiger partial charge >= 0.3 is 0 Å². The predicted octanol–water partition coefficient (Wildman–Crippen LogP) is 2.37. The van der Waals surface area contributed by atoms with Gasteiger partial charge in [-0.15, -0.1) is 0 Å². The van der Waals surface area contributed by atoms with Crippen LogP contribution >= 0.6 is 0 Å². The summed E-state index contributed by atoms with van der Waals surface area (Å²) in [4.78, 5) is 12.7. The lowest BCUT2D eigenvalue weighted by Crippen LogP contribution is -2.39. The zero-order valence-electron chi connectivity index (χ0n) is 11.9. The molecule has 2 rings (SSSR count). The van der Waals surface area contributed by atoms with Gasteiger partial charge in [-0.3, -0.25) is 10.1 Å². The smallest absolute Gasteiger partial charge is 0.272 e. The van der Waals surface area contributed by atoms with Crippen molar-refractivity contribution >= 4 is 5.69 Å². The van der Waals surface area contributed by atoms with E-state index in [1.54, 1.807) is 18.2 Å². The van der Waals surface area contributed by atoms with Crippen LogP contribution < -0.4 is 0 Å². The van der Waals surface area contributed by atoms with Crippen molar-refractivity contribution in [1.29, 1.82) is 0 Å². The molecule has 1 N–H and O–H groups in total. The first kappa shape index (κ1) is 14.9. The fraction of sp³-hybridized carbons (Fsp3) is 0.600. The summed E-state index contributed by atoms with van der Waals surface area (Å²) < 4.78 is 0. The molecule has 5 heteroatoms. The van der Waals surface area contributed by atoms with Gasteiger partial charge < -0.3 is 10.0 Å². The molecule has 0 aliphatic heterocycles. The average molecular weight is 278 g/mol. The number of nitro benzene ring substituents is 1. The van der Waals surface area contributed by atoms with Gasteiger partial charge in [-0.2, -0.15) is 0 Å². The van der Waals surface area contributed by atoms with Crippen LogP contribution in [-0.4, -0.2) is 40.7 Å². The molecule has 0 unspecified atom stereocenters. The van der Waals surface area contributed by atoms with Gasteiger partial charge in [0.1, 0.15) is 0 Å². The van der Waals surface area contributed by atoms with E-state index in [1.165, 1.54) is 0 Å². The molecule has 110 valence electrons. The first-order chi connectivity index (χ1) is 9.50. The Morgan fingerprint density at radius 3 is 2.65 bits per heavy atom. The second-order valence-electron chi connectivity index (χ2n) is 5.81. The summed E-state index contributed by atoms with van der Waals surface area (Å²) in [6.07, 6.45) is 4.54. The monoisotopic (exact) mass is 278 g/mol. The van der Waals surface area contributed by atoms with Crippen LogP contribution in [0.3, 0.4) is 0 Å². The van der Waals surface area contributed by atoms with Gasteiger partial charge in [-0.05, 0) is 26.3 Å². The van der Waals surface area contributed by atoms with Gasteiger partial charge in [0.25, 0.3) is 5.69 Å².